The molecule has 7 nitrogen and oxygen atoms in total. The second-order valence-electron chi connectivity index (χ2n) is 5.71. The third-order valence-electron chi connectivity index (χ3n) is 2.88. The predicted octanol–water partition coefficient (Wildman–Crippen LogP) is 1.22. The van der Waals surface area contributed by atoms with Crippen molar-refractivity contribution in [2.75, 3.05) is 13.6 Å². The Morgan fingerprint density at radius 1 is 1.36 bits per heavy atom. The van der Waals surface area contributed by atoms with E-state index >= 15 is 0 Å². The van der Waals surface area contributed by atoms with Gasteiger partial charge in [0.2, 0.25) is 11.7 Å². The molecule has 1 N–H and O–H groups in total. The van der Waals surface area contributed by atoms with Crippen LogP contribution in [0.2, 0.25) is 5.02 Å². The van der Waals surface area contributed by atoms with Crippen molar-refractivity contribution in [3.8, 4) is 11.4 Å². The van der Waals surface area contributed by atoms with Gasteiger partial charge in [-0.05, 0) is 43.3 Å². The van der Waals surface area contributed by atoms with Crippen molar-refractivity contribution in [1.82, 2.24) is 25.1 Å². The smallest absolute Gasteiger partial charge is 0.246 e. The van der Waals surface area contributed by atoms with Gasteiger partial charge in [0, 0.05) is 24.2 Å². The summed E-state index contributed by atoms with van der Waals surface area (Å²) in [6.45, 7) is 3.48. The van der Waals surface area contributed by atoms with E-state index in [9.17, 15) is 9.90 Å². The van der Waals surface area contributed by atoms with Crippen molar-refractivity contribution >= 4 is 17.5 Å². The first-order valence-corrected chi connectivity index (χ1v) is 7.12. The zero-order valence-electron chi connectivity index (χ0n) is 12.7. The molecule has 0 fully saturated rings. The molecule has 0 aliphatic carbocycles. The first kappa shape index (κ1) is 16.4. The molecule has 1 aromatic carbocycles. The molecule has 8 heteroatoms. The Labute approximate surface area is 133 Å². The molecular formula is C14H18ClN5O2. The Balaban J connectivity index is 2.03. The molecule has 0 atom stereocenters. The number of hydrogen-bond donors (Lipinski definition) is 1. The molecule has 0 aliphatic heterocycles. The number of rotatable bonds is 5. The summed E-state index contributed by atoms with van der Waals surface area (Å²) < 4.78 is 0. The first-order chi connectivity index (χ1) is 10.2. The van der Waals surface area contributed by atoms with Crippen LogP contribution >= 0.6 is 11.6 Å². The third kappa shape index (κ3) is 4.51. The highest BCUT2D eigenvalue weighted by atomic mass is 35.5. The van der Waals surface area contributed by atoms with Crippen LogP contribution in [-0.2, 0) is 11.3 Å². The molecule has 1 amide bonds. The molecule has 0 bridgehead atoms. The van der Waals surface area contributed by atoms with Gasteiger partial charge in [0.05, 0.1) is 5.60 Å². The lowest BCUT2D eigenvalue weighted by atomic mass is 10.1. The van der Waals surface area contributed by atoms with Crippen LogP contribution in [0.4, 0.5) is 0 Å². The molecule has 0 aliphatic rings. The number of amides is 1. The standard InChI is InChI=1S/C14H18ClN5O2/c1-14(2,22)9-19(3)12(21)8-20-17-13(16-18-20)10-4-6-11(15)7-5-10/h4-7,22H,8-9H2,1-3H3. The fourth-order valence-corrected chi connectivity index (χ4v) is 2.06. The maximum atomic E-state index is 12.0. The van der Waals surface area contributed by atoms with Crippen LogP contribution in [0.1, 0.15) is 13.8 Å². The Morgan fingerprint density at radius 3 is 2.59 bits per heavy atom. The molecule has 0 saturated carbocycles. The molecule has 22 heavy (non-hydrogen) atoms. The van der Waals surface area contributed by atoms with E-state index in [2.05, 4.69) is 15.4 Å². The SMILES string of the molecule is CN(CC(C)(C)O)C(=O)Cn1nnc(-c2ccc(Cl)cc2)n1. The molecule has 1 heterocycles. The Morgan fingerprint density at radius 2 is 2.00 bits per heavy atom. The minimum atomic E-state index is -0.950. The Kier molecular flexibility index (Phi) is 4.77. The van der Waals surface area contributed by atoms with Crippen molar-refractivity contribution in [1.29, 1.82) is 0 Å². The molecule has 1 aromatic heterocycles. The maximum absolute atomic E-state index is 12.0. The summed E-state index contributed by atoms with van der Waals surface area (Å²) in [5, 5.41) is 22.3. The number of carbonyl (C=O) groups excluding carboxylic acids is 1. The van der Waals surface area contributed by atoms with Crippen molar-refractivity contribution in [2.24, 2.45) is 0 Å². The van der Waals surface area contributed by atoms with E-state index in [0.29, 0.717) is 10.8 Å². The summed E-state index contributed by atoms with van der Waals surface area (Å²) in [5.41, 5.74) is -0.178. The number of nitrogens with zero attached hydrogens (tertiary/aromatic N) is 5. The van der Waals surface area contributed by atoms with Crippen LogP contribution in [0.25, 0.3) is 11.4 Å². The van der Waals surface area contributed by atoms with Gasteiger partial charge in [-0.1, -0.05) is 11.6 Å². The number of likely N-dealkylation sites (N-methyl/N-ethyl adjacent to an activating group) is 1. The van der Waals surface area contributed by atoms with E-state index in [1.807, 2.05) is 0 Å². The molecular weight excluding hydrogens is 306 g/mol. The van der Waals surface area contributed by atoms with Gasteiger partial charge in [0.15, 0.2) is 0 Å². The van der Waals surface area contributed by atoms with Crippen LogP contribution < -0.4 is 0 Å². The molecule has 0 unspecified atom stereocenters. The van der Waals surface area contributed by atoms with Crippen LogP contribution in [0.15, 0.2) is 24.3 Å². The number of carbonyl (C=O) groups is 1. The van der Waals surface area contributed by atoms with Crippen molar-refractivity contribution in [3.05, 3.63) is 29.3 Å². The van der Waals surface area contributed by atoms with E-state index < -0.39 is 5.60 Å². The quantitative estimate of drug-likeness (QED) is 0.894. The van der Waals surface area contributed by atoms with Gasteiger partial charge in [-0.25, -0.2) is 0 Å². The van der Waals surface area contributed by atoms with Gasteiger partial charge < -0.3 is 10.0 Å². The van der Waals surface area contributed by atoms with E-state index in [0.717, 1.165) is 5.56 Å². The fraction of sp³-hybridized carbons (Fsp3) is 0.429. The highest BCUT2D eigenvalue weighted by Gasteiger charge is 2.20. The fourth-order valence-electron chi connectivity index (χ4n) is 1.94. The number of hydrogen-bond acceptors (Lipinski definition) is 5. The molecule has 0 spiro atoms. The average Bonchev–Trinajstić information content (AvgIpc) is 2.86. The summed E-state index contributed by atoms with van der Waals surface area (Å²) >= 11 is 5.83. The lowest BCUT2D eigenvalue weighted by Crippen LogP contribution is -2.41. The number of tetrazole rings is 1. The van der Waals surface area contributed by atoms with E-state index in [-0.39, 0.29) is 19.0 Å². The van der Waals surface area contributed by atoms with Crippen LogP contribution in [0.5, 0.6) is 0 Å². The number of aliphatic hydroxyl groups is 1. The van der Waals surface area contributed by atoms with Crippen molar-refractivity contribution in [2.45, 2.75) is 26.0 Å². The molecule has 118 valence electrons. The number of aromatic nitrogens is 4. The first-order valence-electron chi connectivity index (χ1n) is 6.75. The molecule has 2 rings (SSSR count). The second kappa shape index (κ2) is 6.41. The Hall–Kier alpha value is -1.99. The van der Waals surface area contributed by atoms with Crippen LogP contribution in [0.3, 0.4) is 0 Å². The maximum Gasteiger partial charge on any atom is 0.246 e. The average molecular weight is 324 g/mol. The van der Waals surface area contributed by atoms with Crippen LogP contribution in [0, 0.1) is 0 Å². The monoisotopic (exact) mass is 323 g/mol. The highest BCUT2D eigenvalue weighted by Crippen LogP contribution is 2.16. The lowest BCUT2D eigenvalue weighted by Gasteiger charge is -2.25. The van der Waals surface area contributed by atoms with Gasteiger partial charge in [0.25, 0.3) is 0 Å². The van der Waals surface area contributed by atoms with E-state index in [1.54, 1.807) is 45.2 Å². The molecule has 0 saturated heterocycles. The third-order valence-corrected chi connectivity index (χ3v) is 3.13. The zero-order chi connectivity index (χ0) is 16.3. The zero-order valence-corrected chi connectivity index (χ0v) is 13.4. The van der Waals surface area contributed by atoms with Crippen LogP contribution in [-0.4, -0.2) is 55.3 Å². The summed E-state index contributed by atoms with van der Waals surface area (Å²) in [6.07, 6.45) is 0. The van der Waals surface area contributed by atoms with Crippen molar-refractivity contribution < 1.29 is 9.90 Å². The second-order valence-corrected chi connectivity index (χ2v) is 6.15. The summed E-state index contributed by atoms with van der Waals surface area (Å²) in [5.74, 6) is 0.219. The largest absolute Gasteiger partial charge is 0.389 e. The van der Waals surface area contributed by atoms with Gasteiger partial charge in [0.1, 0.15) is 6.54 Å². The van der Waals surface area contributed by atoms with Crippen molar-refractivity contribution in [3.63, 3.8) is 0 Å². The summed E-state index contributed by atoms with van der Waals surface area (Å²) in [7, 11) is 1.62. The highest BCUT2D eigenvalue weighted by molar-refractivity contribution is 6.30. The predicted molar refractivity (Wildman–Crippen MR) is 82.2 cm³/mol. The van der Waals surface area contributed by atoms with Gasteiger partial charge in [-0.3, -0.25) is 4.79 Å². The van der Waals surface area contributed by atoms with Gasteiger partial charge in [-0.15, -0.1) is 10.2 Å². The minimum Gasteiger partial charge on any atom is -0.389 e. The molecule has 0 radical (unpaired) electrons. The summed E-state index contributed by atoms with van der Waals surface area (Å²) in [6, 6.07) is 7.04. The number of benzene rings is 1. The number of halogens is 1. The van der Waals surface area contributed by atoms with E-state index in [4.69, 9.17) is 11.6 Å². The minimum absolute atomic E-state index is 0.0346. The van der Waals surface area contributed by atoms with Gasteiger partial charge in [-0.2, -0.15) is 4.80 Å². The lowest BCUT2D eigenvalue weighted by molar-refractivity contribution is -0.133. The van der Waals surface area contributed by atoms with E-state index in [1.165, 1.54) is 9.70 Å². The summed E-state index contributed by atoms with van der Waals surface area (Å²) in [4.78, 5) is 14.7. The Bertz CT molecular complexity index is 648. The normalized spacial score (nSPS) is 11.5. The topological polar surface area (TPSA) is 84.1 Å². The van der Waals surface area contributed by atoms with Gasteiger partial charge >= 0.3 is 0 Å². The molecule has 2 aromatic rings.